The van der Waals surface area contributed by atoms with Gasteiger partial charge in [-0.2, -0.15) is 0 Å². The summed E-state index contributed by atoms with van der Waals surface area (Å²) in [7, 11) is -2.73. The minimum atomic E-state index is -2.73. The molecule has 1 aromatic rings. The minimum absolute atomic E-state index is 0.144. The van der Waals surface area contributed by atoms with Crippen LogP contribution in [0.3, 0.4) is 0 Å². The van der Waals surface area contributed by atoms with Gasteiger partial charge in [-0.25, -0.2) is 13.2 Å². The molecule has 0 aromatic heterocycles. The Balaban J connectivity index is 2.00. The Labute approximate surface area is 148 Å². The fourth-order valence-electron chi connectivity index (χ4n) is 2.66. The van der Waals surface area contributed by atoms with Crippen molar-refractivity contribution in [1.29, 1.82) is 0 Å². The summed E-state index contributed by atoms with van der Waals surface area (Å²) in [4.78, 5) is 27.9. The van der Waals surface area contributed by atoms with E-state index in [0.29, 0.717) is 30.9 Å². The van der Waals surface area contributed by atoms with Crippen molar-refractivity contribution in [3.05, 3.63) is 29.8 Å². The molecule has 0 saturated carbocycles. The first-order chi connectivity index (χ1) is 11.8. The third-order valence-electron chi connectivity index (χ3n) is 3.84. The molecule has 1 aliphatic rings. The molecule has 1 heterocycles. The van der Waals surface area contributed by atoms with E-state index in [0.717, 1.165) is 0 Å². The van der Waals surface area contributed by atoms with Crippen molar-refractivity contribution < 1.29 is 22.7 Å². The summed E-state index contributed by atoms with van der Waals surface area (Å²) in [6.45, 7) is 6.71. The number of amides is 2. The topological polar surface area (TPSA) is 96.0 Å². The van der Waals surface area contributed by atoms with Crippen LogP contribution in [0, 0.1) is 0 Å². The van der Waals surface area contributed by atoms with Gasteiger partial charge in [0.1, 0.15) is 0 Å². The number of ether oxygens (including phenoxy) is 1. The first kappa shape index (κ1) is 19.0. The van der Waals surface area contributed by atoms with Crippen molar-refractivity contribution in [2.45, 2.75) is 32.9 Å². The largest absolute Gasteiger partial charge is 0.447 e. The van der Waals surface area contributed by atoms with E-state index in [-0.39, 0.29) is 24.1 Å². The lowest BCUT2D eigenvalue weighted by Crippen LogP contribution is -2.55. The van der Waals surface area contributed by atoms with Gasteiger partial charge >= 0.3 is 6.09 Å². The number of nitrogens with one attached hydrogen (secondary N) is 1. The minimum Gasteiger partial charge on any atom is -0.447 e. The summed E-state index contributed by atoms with van der Waals surface area (Å²) in [5, 5.41) is 0. The Morgan fingerprint density at radius 1 is 1.20 bits per heavy atom. The summed E-state index contributed by atoms with van der Waals surface area (Å²) in [6.07, 6.45) is -0.546. The van der Waals surface area contributed by atoms with Crippen molar-refractivity contribution >= 4 is 28.6 Å². The monoisotopic (exact) mass is 369 g/mol. The van der Waals surface area contributed by atoms with E-state index in [2.05, 4.69) is 4.72 Å². The van der Waals surface area contributed by atoms with Crippen molar-refractivity contribution in [1.82, 2.24) is 9.80 Å². The first-order valence-corrected chi connectivity index (χ1v) is 9.23. The fourth-order valence-corrected chi connectivity index (χ4v) is 3.02. The summed E-state index contributed by atoms with van der Waals surface area (Å²) in [5.41, 5.74) is 0.874. The second kappa shape index (κ2) is 8.19. The van der Waals surface area contributed by atoms with Crippen LogP contribution in [0.25, 0.3) is 0 Å². The number of thiol groups is 1. The first-order valence-electron chi connectivity index (χ1n) is 8.05. The van der Waals surface area contributed by atoms with Gasteiger partial charge in [-0.1, -0.05) is 0 Å². The van der Waals surface area contributed by atoms with E-state index in [4.69, 9.17) is 4.74 Å². The highest BCUT2D eigenvalue weighted by atomic mass is 32.2. The molecule has 138 valence electrons. The number of piperazine rings is 1. The number of nitrogens with zero attached hydrogens (tertiary/aromatic N) is 2. The van der Waals surface area contributed by atoms with Crippen LogP contribution >= 0.6 is 0 Å². The molecule has 0 spiro atoms. The molecular weight excluding hydrogens is 346 g/mol. The number of carbonyl (C=O) groups is 2. The van der Waals surface area contributed by atoms with E-state index in [1.165, 1.54) is 0 Å². The third kappa shape index (κ3) is 5.09. The lowest BCUT2D eigenvalue weighted by atomic mass is 10.1. The predicted octanol–water partition coefficient (Wildman–Crippen LogP) is 1.32. The molecule has 1 N–H and O–H groups in total. The van der Waals surface area contributed by atoms with Gasteiger partial charge in [0, 0.05) is 36.9 Å². The highest BCUT2D eigenvalue weighted by Crippen LogP contribution is 2.17. The molecule has 1 aromatic carbocycles. The maximum atomic E-state index is 12.6. The molecule has 1 saturated heterocycles. The third-order valence-corrected chi connectivity index (χ3v) is 4.28. The van der Waals surface area contributed by atoms with E-state index < -0.39 is 10.9 Å². The van der Waals surface area contributed by atoms with Gasteiger partial charge < -0.3 is 14.5 Å². The molecule has 2 rings (SSSR count). The van der Waals surface area contributed by atoms with E-state index in [9.17, 15) is 18.0 Å². The summed E-state index contributed by atoms with van der Waals surface area (Å²) in [6, 6.07) is 6.10. The molecule has 1 atom stereocenters. The zero-order valence-electron chi connectivity index (χ0n) is 14.5. The molecule has 8 nitrogen and oxygen atoms in total. The Kier molecular flexibility index (Phi) is 6.24. The van der Waals surface area contributed by atoms with Gasteiger partial charge in [0.05, 0.1) is 6.10 Å². The quantitative estimate of drug-likeness (QED) is 0.781. The molecular formula is C16H23N3O5S. The molecule has 1 fully saturated rings. The van der Waals surface area contributed by atoms with Crippen LogP contribution < -0.4 is 4.72 Å². The summed E-state index contributed by atoms with van der Waals surface area (Å²) >= 11 is 0. The van der Waals surface area contributed by atoms with Crippen LogP contribution in [-0.2, 0) is 15.6 Å². The molecule has 25 heavy (non-hydrogen) atoms. The Hall–Kier alpha value is -2.29. The Bertz CT molecular complexity index is 694. The Morgan fingerprint density at radius 3 is 2.36 bits per heavy atom. The lowest BCUT2D eigenvalue weighted by molar-refractivity contribution is 0.0338. The molecule has 1 aliphatic heterocycles. The van der Waals surface area contributed by atoms with Crippen molar-refractivity contribution in [2.75, 3.05) is 24.4 Å². The average molecular weight is 369 g/mol. The van der Waals surface area contributed by atoms with E-state index in [1.54, 1.807) is 47.9 Å². The number of anilines is 1. The smallest absolute Gasteiger partial charge is 0.410 e. The standard InChI is InChI=1S/C16H23N3O5S/c1-11(2)24-16(21)18-8-9-19(12(3)10-18)15(20)13-4-6-14(7-5-13)17-25(22)23/h4-7,11-12,25H,8-10H2,1-3H3,(H,17,22,23)/t12-/m1/s1. The highest BCUT2D eigenvalue weighted by Gasteiger charge is 2.31. The SMILES string of the molecule is CC(C)OC(=O)N1CCN(C(=O)c2ccc(N[SH](=O)=O)cc2)[C@H](C)C1. The molecule has 0 radical (unpaired) electrons. The number of hydrogen-bond acceptors (Lipinski definition) is 5. The normalized spacial score (nSPS) is 17.7. The van der Waals surface area contributed by atoms with Crippen molar-refractivity contribution in [3.63, 3.8) is 0 Å². The van der Waals surface area contributed by atoms with Crippen LogP contribution in [0.5, 0.6) is 0 Å². The van der Waals surface area contributed by atoms with Gasteiger partial charge in [-0.15, -0.1) is 0 Å². The van der Waals surface area contributed by atoms with Crippen LogP contribution in [0.2, 0.25) is 0 Å². The average Bonchev–Trinajstić information content (AvgIpc) is 2.53. The highest BCUT2D eigenvalue weighted by molar-refractivity contribution is 7.73. The van der Waals surface area contributed by atoms with Crippen LogP contribution in [-0.4, -0.2) is 62.0 Å². The maximum absolute atomic E-state index is 12.6. The van der Waals surface area contributed by atoms with Gasteiger partial charge in [-0.05, 0) is 45.0 Å². The predicted molar refractivity (Wildman–Crippen MR) is 94.1 cm³/mol. The summed E-state index contributed by atoms with van der Waals surface area (Å²) in [5.74, 6) is -0.151. The Morgan fingerprint density at radius 2 is 1.84 bits per heavy atom. The van der Waals surface area contributed by atoms with Gasteiger partial charge in [0.15, 0.2) is 0 Å². The summed E-state index contributed by atoms with van der Waals surface area (Å²) < 4.78 is 28.7. The number of hydrogen-bond donors (Lipinski definition) is 2. The number of benzene rings is 1. The van der Waals surface area contributed by atoms with E-state index in [1.807, 2.05) is 6.92 Å². The van der Waals surface area contributed by atoms with Crippen molar-refractivity contribution in [3.8, 4) is 0 Å². The number of rotatable bonds is 4. The molecule has 0 unspecified atom stereocenters. The second-order valence-electron chi connectivity index (χ2n) is 6.17. The molecule has 0 bridgehead atoms. The van der Waals surface area contributed by atoms with Gasteiger partial charge in [0.25, 0.3) is 5.91 Å². The maximum Gasteiger partial charge on any atom is 0.410 e. The van der Waals surface area contributed by atoms with Gasteiger partial charge in [-0.3, -0.25) is 9.52 Å². The van der Waals surface area contributed by atoms with Crippen LogP contribution in [0.1, 0.15) is 31.1 Å². The van der Waals surface area contributed by atoms with Crippen molar-refractivity contribution in [2.24, 2.45) is 0 Å². The zero-order chi connectivity index (χ0) is 18.6. The number of carbonyl (C=O) groups excluding carboxylic acids is 2. The second-order valence-corrected chi connectivity index (χ2v) is 6.91. The van der Waals surface area contributed by atoms with Gasteiger partial charge in [0.2, 0.25) is 10.9 Å². The van der Waals surface area contributed by atoms with E-state index >= 15 is 0 Å². The lowest BCUT2D eigenvalue weighted by Gasteiger charge is -2.39. The fraction of sp³-hybridized carbons (Fsp3) is 0.500. The molecule has 0 aliphatic carbocycles. The zero-order valence-corrected chi connectivity index (χ0v) is 15.4. The van der Waals surface area contributed by atoms with Crippen LogP contribution in [0.15, 0.2) is 24.3 Å². The molecule has 2 amide bonds. The van der Waals surface area contributed by atoms with Crippen LogP contribution in [0.4, 0.5) is 10.5 Å². The molecule has 9 heteroatoms.